The third-order valence-electron chi connectivity index (χ3n) is 5.35. The van der Waals surface area contributed by atoms with E-state index >= 15 is 0 Å². The number of carbonyl (C=O) groups excluding carboxylic acids is 2. The van der Waals surface area contributed by atoms with E-state index in [9.17, 15) is 9.59 Å². The van der Waals surface area contributed by atoms with Gasteiger partial charge in [0.2, 0.25) is 0 Å². The first-order valence-corrected chi connectivity index (χ1v) is 9.57. The highest BCUT2D eigenvalue weighted by atomic mass is 16.2. The number of likely N-dealkylation sites (N-methyl/N-ethyl adjacent to an activating group) is 1. The lowest BCUT2D eigenvalue weighted by molar-refractivity contribution is 0.0645. The number of rotatable bonds is 3. The van der Waals surface area contributed by atoms with Gasteiger partial charge >= 0.3 is 0 Å². The van der Waals surface area contributed by atoms with Gasteiger partial charge in [-0.25, -0.2) is 4.98 Å². The van der Waals surface area contributed by atoms with Gasteiger partial charge in [-0.1, -0.05) is 18.2 Å². The van der Waals surface area contributed by atoms with Crippen LogP contribution in [0.2, 0.25) is 0 Å². The summed E-state index contributed by atoms with van der Waals surface area (Å²) in [5.74, 6) is 0.0988. The van der Waals surface area contributed by atoms with Crippen molar-refractivity contribution in [3.63, 3.8) is 0 Å². The van der Waals surface area contributed by atoms with Crippen molar-refractivity contribution in [3.8, 4) is 0 Å². The van der Waals surface area contributed by atoms with Crippen LogP contribution in [-0.2, 0) is 13.0 Å². The smallest absolute Gasteiger partial charge is 0.289 e. The Morgan fingerprint density at radius 1 is 1.00 bits per heavy atom. The second-order valence-corrected chi connectivity index (χ2v) is 7.26. The number of hydrogen-bond donors (Lipinski definition) is 1. The Morgan fingerprint density at radius 3 is 2.48 bits per heavy atom. The number of nitrogens with zero attached hydrogens (tertiary/aromatic N) is 4. The minimum absolute atomic E-state index is 0.0648. The molecule has 0 unspecified atom stereocenters. The van der Waals surface area contributed by atoms with Crippen molar-refractivity contribution in [2.75, 3.05) is 38.5 Å². The van der Waals surface area contributed by atoms with Gasteiger partial charge in [0.1, 0.15) is 0 Å². The Morgan fingerprint density at radius 2 is 1.74 bits per heavy atom. The second kappa shape index (κ2) is 7.52. The monoisotopic (exact) mass is 367 g/mol. The van der Waals surface area contributed by atoms with Crippen molar-refractivity contribution in [2.24, 2.45) is 0 Å². The van der Waals surface area contributed by atoms with Crippen molar-refractivity contribution < 1.29 is 9.59 Å². The van der Waals surface area contributed by atoms with Crippen LogP contribution < -0.4 is 5.32 Å². The van der Waals surface area contributed by atoms with Crippen LogP contribution in [0.1, 0.15) is 39.6 Å². The fraction of sp³-hybridized carbons (Fsp3) is 0.450. The number of aromatic nitrogens is 2. The first-order chi connectivity index (χ1) is 13.1. The van der Waals surface area contributed by atoms with Crippen LogP contribution in [0, 0.1) is 0 Å². The maximum Gasteiger partial charge on any atom is 0.289 e. The normalized spacial score (nSPS) is 17.4. The molecule has 1 fully saturated rings. The van der Waals surface area contributed by atoms with Crippen molar-refractivity contribution in [1.82, 2.24) is 19.4 Å². The van der Waals surface area contributed by atoms with E-state index < -0.39 is 0 Å². The topological polar surface area (TPSA) is 70.5 Å². The van der Waals surface area contributed by atoms with E-state index in [0.717, 1.165) is 50.3 Å². The molecule has 1 aromatic carbocycles. The molecule has 3 heterocycles. The van der Waals surface area contributed by atoms with E-state index in [0.29, 0.717) is 24.6 Å². The molecule has 1 saturated heterocycles. The Hall–Kier alpha value is -2.67. The molecule has 1 N–H and O–H groups in total. The molecule has 27 heavy (non-hydrogen) atoms. The largest absolute Gasteiger partial charge is 0.333 e. The standard InChI is InChI=1S/C20H25N5O2/c1-23-11-13-24(14-12-23)20(27)18-22-17(16-9-5-6-10-25(16)18)19(26)21-15-7-3-2-4-8-15/h2-4,7-8H,5-6,9-14H2,1H3,(H,21,26). The van der Waals surface area contributed by atoms with E-state index in [1.807, 2.05) is 39.8 Å². The van der Waals surface area contributed by atoms with Crippen LogP contribution in [0.5, 0.6) is 0 Å². The molecular formula is C20H25N5O2. The van der Waals surface area contributed by atoms with Crippen LogP contribution in [0.4, 0.5) is 5.69 Å². The van der Waals surface area contributed by atoms with Crippen LogP contribution in [-0.4, -0.2) is 64.4 Å². The zero-order chi connectivity index (χ0) is 18.8. The zero-order valence-corrected chi connectivity index (χ0v) is 15.6. The van der Waals surface area contributed by atoms with Gasteiger partial charge in [-0.3, -0.25) is 9.59 Å². The summed E-state index contributed by atoms with van der Waals surface area (Å²) >= 11 is 0. The fourth-order valence-electron chi connectivity index (χ4n) is 3.75. The summed E-state index contributed by atoms with van der Waals surface area (Å²) in [6, 6.07) is 9.34. The molecule has 0 aliphatic carbocycles. The van der Waals surface area contributed by atoms with Crippen LogP contribution >= 0.6 is 0 Å². The number of hydrogen-bond acceptors (Lipinski definition) is 4. The van der Waals surface area contributed by atoms with Crippen molar-refractivity contribution in [3.05, 3.63) is 47.5 Å². The summed E-state index contributed by atoms with van der Waals surface area (Å²) in [6.45, 7) is 3.86. The predicted molar refractivity (Wildman–Crippen MR) is 103 cm³/mol. The Bertz CT molecular complexity index is 838. The quantitative estimate of drug-likeness (QED) is 0.899. The number of amides is 2. The minimum Gasteiger partial charge on any atom is -0.333 e. The molecule has 1 aromatic heterocycles. The highest BCUT2D eigenvalue weighted by Gasteiger charge is 2.30. The molecule has 7 nitrogen and oxygen atoms in total. The van der Waals surface area contributed by atoms with Crippen molar-refractivity contribution >= 4 is 17.5 Å². The first kappa shape index (κ1) is 17.7. The number of fused-ring (bicyclic) bond motifs is 1. The molecule has 2 aromatic rings. The van der Waals surface area contributed by atoms with E-state index in [1.165, 1.54) is 0 Å². The van der Waals surface area contributed by atoms with Gasteiger partial charge in [0.25, 0.3) is 11.8 Å². The van der Waals surface area contributed by atoms with E-state index in [2.05, 4.69) is 22.2 Å². The Balaban J connectivity index is 1.61. The van der Waals surface area contributed by atoms with Crippen molar-refractivity contribution in [2.45, 2.75) is 25.8 Å². The highest BCUT2D eigenvalue weighted by Crippen LogP contribution is 2.23. The summed E-state index contributed by atoms with van der Waals surface area (Å²) in [7, 11) is 2.06. The number of piperazine rings is 1. The predicted octanol–water partition coefficient (Wildman–Crippen LogP) is 1.86. The van der Waals surface area contributed by atoms with E-state index in [-0.39, 0.29) is 11.8 Å². The van der Waals surface area contributed by atoms with Gasteiger partial charge in [-0.05, 0) is 38.4 Å². The lowest BCUT2D eigenvalue weighted by Crippen LogP contribution is -2.47. The molecule has 0 radical (unpaired) electrons. The SMILES string of the molecule is CN1CCN(C(=O)c2nc(C(=O)Nc3ccccc3)c3n2CCCC3)CC1. The van der Waals surface area contributed by atoms with Crippen LogP contribution in [0.25, 0.3) is 0 Å². The third-order valence-corrected chi connectivity index (χ3v) is 5.35. The van der Waals surface area contributed by atoms with Gasteiger partial charge in [0.05, 0.1) is 5.69 Å². The lowest BCUT2D eigenvalue weighted by atomic mass is 10.1. The second-order valence-electron chi connectivity index (χ2n) is 7.26. The summed E-state index contributed by atoms with van der Waals surface area (Å²) in [5.41, 5.74) is 2.00. The Kier molecular flexibility index (Phi) is 4.94. The van der Waals surface area contributed by atoms with Gasteiger partial charge in [0.15, 0.2) is 11.5 Å². The molecule has 0 spiro atoms. The maximum absolute atomic E-state index is 13.1. The highest BCUT2D eigenvalue weighted by molar-refractivity contribution is 6.05. The van der Waals surface area contributed by atoms with Gasteiger partial charge < -0.3 is 19.7 Å². The summed E-state index contributed by atoms with van der Waals surface area (Å²) in [4.78, 5) is 34.5. The van der Waals surface area contributed by atoms with Crippen LogP contribution in [0.15, 0.2) is 30.3 Å². The molecule has 2 amide bonds. The maximum atomic E-state index is 13.1. The average Bonchev–Trinajstić information content (AvgIpc) is 3.09. The number of nitrogens with one attached hydrogen (secondary N) is 1. The van der Waals surface area contributed by atoms with Gasteiger partial charge in [-0.2, -0.15) is 0 Å². The third kappa shape index (κ3) is 3.60. The molecule has 0 saturated carbocycles. The van der Waals surface area contributed by atoms with Gasteiger partial charge in [-0.15, -0.1) is 0 Å². The molecule has 0 bridgehead atoms. The van der Waals surface area contributed by atoms with E-state index in [4.69, 9.17) is 0 Å². The summed E-state index contributed by atoms with van der Waals surface area (Å²) in [5, 5.41) is 2.90. The molecule has 142 valence electrons. The fourth-order valence-corrected chi connectivity index (χ4v) is 3.75. The number of carbonyl (C=O) groups is 2. The molecule has 0 atom stereocenters. The number of imidazole rings is 1. The molecular weight excluding hydrogens is 342 g/mol. The number of para-hydroxylation sites is 1. The molecule has 2 aliphatic heterocycles. The summed E-state index contributed by atoms with van der Waals surface area (Å²) < 4.78 is 1.96. The average molecular weight is 367 g/mol. The summed E-state index contributed by atoms with van der Waals surface area (Å²) in [6.07, 6.45) is 2.80. The van der Waals surface area contributed by atoms with Gasteiger partial charge in [0, 0.05) is 38.4 Å². The number of benzene rings is 1. The lowest BCUT2D eigenvalue weighted by Gasteiger charge is -2.32. The van der Waals surface area contributed by atoms with E-state index in [1.54, 1.807) is 0 Å². The first-order valence-electron chi connectivity index (χ1n) is 9.57. The molecule has 7 heteroatoms. The number of anilines is 1. The van der Waals surface area contributed by atoms with Crippen LogP contribution in [0.3, 0.4) is 0 Å². The molecule has 4 rings (SSSR count). The minimum atomic E-state index is -0.246. The Labute approximate surface area is 159 Å². The molecule has 2 aliphatic rings. The zero-order valence-electron chi connectivity index (χ0n) is 15.6. The van der Waals surface area contributed by atoms with Crippen molar-refractivity contribution in [1.29, 1.82) is 0 Å².